The summed E-state index contributed by atoms with van der Waals surface area (Å²) in [5.41, 5.74) is 1.49. The van der Waals surface area contributed by atoms with Gasteiger partial charge in [0.15, 0.2) is 5.58 Å². The molecule has 1 heterocycles. The van der Waals surface area contributed by atoms with E-state index in [0.717, 1.165) is 16.4 Å². The molecule has 4 heteroatoms. The van der Waals surface area contributed by atoms with Crippen LogP contribution in [0.2, 0.25) is 10.0 Å². The Kier molecular flexibility index (Phi) is 2.74. The van der Waals surface area contributed by atoms with Gasteiger partial charge in [-0.05, 0) is 36.6 Å². The minimum atomic E-state index is 0.478. The molecule has 0 saturated carbocycles. The molecule has 0 spiro atoms. The van der Waals surface area contributed by atoms with Gasteiger partial charge in [-0.25, -0.2) is 0 Å². The number of fused-ring (bicyclic) bond motifs is 3. The van der Waals surface area contributed by atoms with Crippen LogP contribution < -0.4 is 0 Å². The van der Waals surface area contributed by atoms with Crippen molar-refractivity contribution in [2.24, 2.45) is 0 Å². The maximum Gasteiger partial charge on any atom is 0.155 e. The van der Waals surface area contributed by atoms with Crippen molar-refractivity contribution in [3.63, 3.8) is 0 Å². The molecule has 0 radical (unpaired) electrons. The van der Waals surface area contributed by atoms with Gasteiger partial charge in [-0.2, -0.15) is 0 Å². The number of hydrogen-bond donors (Lipinski definition) is 0. The predicted octanol–water partition coefficient (Wildman–Crippen LogP) is 5.61. The van der Waals surface area contributed by atoms with Gasteiger partial charge in [0.2, 0.25) is 0 Å². The van der Waals surface area contributed by atoms with Crippen LogP contribution in [0, 0.1) is 0 Å². The van der Waals surface area contributed by atoms with Gasteiger partial charge in [0.05, 0.1) is 5.02 Å². The summed E-state index contributed by atoms with van der Waals surface area (Å²) in [6.07, 6.45) is 2.05. The smallest absolute Gasteiger partial charge is 0.155 e. The van der Waals surface area contributed by atoms with E-state index >= 15 is 0 Å². The molecule has 1 aromatic heterocycles. The lowest BCUT2D eigenvalue weighted by Crippen LogP contribution is -1.71. The van der Waals surface area contributed by atoms with E-state index < -0.39 is 0 Å². The van der Waals surface area contributed by atoms with E-state index in [1.807, 2.05) is 24.5 Å². The zero-order valence-electron chi connectivity index (χ0n) is 8.96. The lowest BCUT2D eigenvalue weighted by atomic mass is 10.1. The molecule has 0 saturated heterocycles. The maximum atomic E-state index is 6.14. The van der Waals surface area contributed by atoms with Crippen LogP contribution in [0.1, 0.15) is 0 Å². The van der Waals surface area contributed by atoms with Crippen molar-refractivity contribution in [3.05, 3.63) is 40.4 Å². The van der Waals surface area contributed by atoms with E-state index in [9.17, 15) is 0 Å². The van der Waals surface area contributed by atoms with Crippen LogP contribution in [-0.4, -0.2) is 6.26 Å². The fourth-order valence-electron chi connectivity index (χ4n) is 1.89. The number of halogens is 2. The first-order valence-corrected chi connectivity index (χ1v) is 7.03. The predicted molar refractivity (Wildman–Crippen MR) is 75.5 cm³/mol. The lowest BCUT2D eigenvalue weighted by Gasteiger charge is -1.96. The summed E-state index contributed by atoms with van der Waals surface area (Å²) < 4.78 is 5.74. The van der Waals surface area contributed by atoms with Crippen LogP contribution in [0.25, 0.3) is 21.9 Å². The summed E-state index contributed by atoms with van der Waals surface area (Å²) in [5.74, 6) is 0. The highest BCUT2D eigenvalue weighted by molar-refractivity contribution is 7.98. The largest absolute Gasteiger partial charge is 0.454 e. The van der Waals surface area contributed by atoms with E-state index in [2.05, 4.69) is 6.07 Å². The Morgan fingerprint density at radius 3 is 2.65 bits per heavy atom. The molecular weight excluding hydrogens is 275 g/mol. The number of benzene rings is 2. The second-order valence-corrected chi connectivity index (χ2v) is 5.37. The maximum absolute atomic E-state index is 6.14. The zero-order chi connectivity index (χ0) is 12.0. The molecule has 3 rings (SSSR count). The van der Waals surface area contributed by atoms with Gasteiger partial charge in [0, 0.05) is 15.7 Å². The Bertz CT molecular complexity index is 718. The van der Waals surface area contributed by atoms with Crippen molar-refractivity contribution >= 4 is 56.9 Å². The zero-order valence-corrected chi connectivity index (χ0v) is 11.3. The molecule has 3 aromatic rings. The van der Waals surface area contributed by atoms with Crippen LogP contribution in [0.15, 0.2) is 39.6 Å². The SMILES string of the molecule is CSc1ccc2oc3c(Cl)c(Cl)ccc3c2c1. The first-order valence-electron chi connectivity index (χ1n) is 5.05. The molecule has 0 aliphatic heterocycles. The second-order valence-electron chi connectivity index (χ2n) is 3.70. The van der Waals surface area contributed by atoms with E-state index in [0.29, 0.717) is 15.6 Å². The molecule has 0 N–H and O–H groups in total. The molecule has 0 aliphatic carbocycles. The van der Waals surface area contributed by atoms with Crippen molar-refractivity contribution in [2.45, 2.75) is 4.90 Å². The average Bonchev–Trinajstić information content (AvgIpc) is 2.72. The van der Waals surface area contributed by atoms with E-state index in [-0.39, 0.29) is 0 Å². The highest BCUT2D eigenvalue weighted by atomic mass is 35.5. The molecule has 0 fully saturated rings. The highest BCUT2D eigenvalue weighted by Crippen LogP contribution is 2.38. The topological polar surface area (TPSA) is 13.1 Å². The standard InChI is InChI=1S/C13H8Cl2OS/c1-17-7-2-5-11-9(6-7)8-3-4-10(14)12(15)13(8)16-11/h2-6H,1H3. The summed E-state index contributed by atoms with van der Waals surface area (Å²) in [4.78, 5) is 1.20. The Hall–Kier alpha value is -0.830. The van der Waals surface area contributed by atoms with Crippen LogP contribution in [0.3, 0.4) is 0 Å². The van der Waals surface area contributed by atoms with Crippen LogP contribution in [-0.2, 0) is 0 Å². The number of thioether (sulfide) groups is 1. The van der Waals surface area contributed by atoms with Gasteiger partial charge in [0.1, 0.15) is 10.6 Å². The average molecular weight is 283 g/mol. The molecule has 2 aromatic carbocycles. The highest BCUT2D eigenvalue weighted by Gasteiger charge is 2.12. The van der Waals surface area contributed by atoms with E-state index in [1.54, 1.807) is 17.8 Å². The number of furan rings is 1. The van der Waals surface area contributed by atoms with Crippen molar-refractivity contribution in [3.8, 4) is 0 Å². The van der Waals surface area contributed by atoms with Gasteiger partial charge in [-0.3, -0.25) is 0 Å². The fourth-order valence-corrected chi connectivity index (χ4v) is 2.68. The normalized spacial score (nSPS) is 11.5. The molecule has 86 valence electrons. The molecule has 17 heavy (non-hydrogen) atoms. The first kappa shape index (κ1) is 11.3. The molecule has 1 nitrogen and oxygen atoms in total. The summed E-state index contributed by atoms with van der Waals surface area (Å²) in [6, 6.07) is 9.85. The fraction of sp³-hybridized carbons (Fsp3) is 0.0769. The lowest BCUT2D eigenvalue weighted by molar-refractivity contribution is 0.669. The third kappa shape index (κ3) is 1.71. The monoisotopic (exact) mass is 282 g/mol. The van der Waals surface area contributed by atoms with Gasteiger partial charge < -0.3 is 4.42 Å². The number of rotatable bonds is 1. The molecule has 0 bridgehead atoms. The van der Waals surface area contributed by atoms with Gasteiger partial charge in [-0.1, -0.05) is 23.2 Å². The Labute approximate surface area is 113 Å². The van der Waals surface area contributed by atoms with E-state index in [4.69, 9.17) is 27.6 Å². The molecule has 0 amide bonds. The van der Waals surface area contributed by atoms with Gasteiger partial charge in [0.25, 0.3) is 0 Å². The number of hydrogen-bond acceptors (Lipinski definition) is 2. The molecule has 0 unspecified atom stereocenters. The summed E-state index contributed by atoms with van der Waals surface area (Å²) in [7, 11) is 0. The van der Waals surface area contributed by atoms with Gasteiger partial charge in [-0.15, -0.1) is 11.8 Å². The van der Waals surface area contributed by atoms with Crippen LogP contribution >= 0.6 is 35.0 Å². The molecular formula is C13H8Cl2OS. The van der Waals surface area contributed by atoms with E-state index in [1.165, 1.54) is 4.90 Å². The third-order valence-corrected chi connectivity index (χ3v) is 4.25. The minimum absolute atomic E-state index is 0.478. The van der Waals surface area contributed by atoms with Gasteiger partial charge >= 0.3 is 0 Å². The first-order chi connectivity index (χ1) is 8.20. The molecule has 0 atom stereocenters. The van der Waals surface area contributed by atoms with Crippen LogP contribution in [0.5, 0.6) is 0 Å². The van der Waals surface area contributed by atoms with Crippen molar-refractivity contribution in [2.75, 3.05) is 6.26 Å². The summed E-state index contributed by atoms with van der Waals surface area (Å²) in [5, 5.41) is 3.07. The molecule has 0 aliphatic rings. The summed E-state index contributed by atoms with van der Waals surface area (Å²) >= 11 is 13.8. The van der Waals surface area contributed by atoms with Crippen molar-refractivity contribution in [1.29, 1.82) is 0 Å². The van der Waals surface area contributed by atoms with Crippen molar-refractivity contribution < 1.29 is 4.42 Å². The Morgan fingerprint density at radius 1 is 1.06 bits per heavy atom. The van der Waals surface area contributed by atoms with Crippen molar-refractivity contribution in [1.82, 2.24) is 0 Å². The second kappa shape index (κ2) is 4.13. The Morgan fingerprint density at radius 2 is 1.88 bits per heavy atom. The van der Waals surface area contributed by atoms with Crippen LogP contribution in [0.4, 0.5) is 0 Å². The summed E-state index contributed by atoms with van der Waals surface area (Å²) in [6.45, 7) is 0. The third-order valence-electron chi connectivity index (χ3n) is 2.74. The Balaban J connectivity index is 2.46. The quantitative estimate of drug-likeness (QED) is 0.538. The minimum Gasteiger partial charge on any atom is -0.454 e.